The molecule has 2 bridgehead atoms. The average Bonchev–Trinajstić information content (AvgIpc) is 3.18. The van der Waals surface area contributed by atoms with Gasteiger partial charge in [0.25, 0.3) is 5.91 Å². The first-order valence-electron chi connectivity index (χ1n) is 8.80. The van der Waals surface area contributed by atoms with E-state index in [2.05, 4.69) is 15.0 Å². The van der Waals surface area contributed by atoms with Gasteiger partial charge in [0.2, 0.25) is 0 Å². The van der Waals surface area contributed by atoms with Crippen molar-refractivity contribution in [3.05, 3.63) is 41.3 Å². The van der Waals surface area contributed by atoms with E-state index < -0.39 is 6.61 Å². The summed E-state index contributed by atoms with van der Waals surface area (Å²) in [6, 6.07) is 10.9. The normalized spacial score (nSPS) is 21.7. The Balaban J connectivity index is 0.00000210. The number of nitrogens with one attached hydrogen (secondary N) is 1. The molecule has 8 heteroatoms. The zero-order valence-corrected chi connectivity index (χ0v) is 16.2. The number of fused-ring (bicyclic) bond motifs is 2. The number of alkyl halides is 2. The van der Waals surface area contributed by atoms with Crippen LogP contribution in [-0.4, -0.2) is 42.6 Å². The quantitative estimate of drug-likeness (QED) is 0.806. The van der Waals surface area contributed by atoms with Crippen LogP contribution in [0.4, 0.5) is 8.78 Å². The van der Waals surface area contributed by atoms with E-state index in [-0.39, 0.29) is 30.1 Å². The van der Waals surface area contributed by atoms with E-state index in [1.165, 1.54) is 23.5 Å². The fourth-order valence-electron chi connectivity index (χ4n) is 3.85. The number of benzene rings is 1. The lowest BCUT2D eigenvalue weighted by Crippen LogP contribution is -2.42. The molecule has 2 aliphatic heterocycles. The van der Waals surface area contributed by atoms with Crippen molar-refractivity contribution in [2.24, 2.45) is 0 Å². The van der Waals surface area contributed by atoms with E-state index in [0.717, 1.165) is 47.7 Å². The molecule has 2 saturated heterocycles. The Morgan fingerprint density at radius 2 is 1.85 bits per heavy atom. The second-order valence-electron chi connectivity index (χ2n) is 6.66. The van der Waals surface area contributed by atoms with Crippen molar-refractivity contribution in [2.45, 2.75) is 38.0 Å². The predicted molar refractivity (Wildman–Crippen MR) is 104 cm³/mol. The number of nitrogens with zero attached hydrogens (tertiary/aromatic N) is 1. The largest absolute Gasteiger partial charge is 0.435 e. The average molecular weight is 415 g/mol. The number of thiophene rings is 1. The zero-order valence-electron chi connectivity index (χ0n) is 14.6. The topological polar surface area (TPSA) is 41.6 Å². The van der Waals surface area contributed by atoms with Crippen molar-refractivity contribution in [2.75, 3.05) is 13.1 Å². The number of hydrogen-bond donors (Lipinski definition) is 1. The summed E-state index contributed by atoms with van der Waals surface area (Å²) in [5.74, 6) is 0.236. The summed E-state index contributed by atoms with van der Waals surface area (Å²) in [7, 11) is 0. The number of amides is 1. The third kappa shape index (κ3) is 4.25. The van der Waals surface area contributed by atoms with Crippen LogP contribution >= 0.6 is 23.7 Å². The Hall–Kier alpha value is -1.70. The Bertz CT molecular complexity index is 770. The van der Waals surface area contributed by atoms with Crippen LogP contribution in [-0.2, 0) is 0 Å². The van der Waals surface area contributed by atoms with Crippen LogP contribution in [0.25, 0.3) is 10.4 Å². The molecule has 2 unspecified atom stereocenters. The third-order valence-corrected chi connectivity index (χ3v) is 6.19. The fraction of sp³-hybridized carbons (Fsp3) is 0.421. The standard InChI is InChI=1S/C19H20F2N2O2S.ClH/c20-19(21)25-15-5-1-12(2-6-15)16-7-8-17(26-16)18(24)23-13-3-4-14(23)11-22-10-9-13;/h1-2,5-8,13-14,19,22H,3-4,9-11H2;1H. The van der Waals surface area contributed by atoms with Gasteiger partial charge in [0.05, 0.1) is 4.88 Å². The number of rotatable bonds is 4. The molecule has 0 radical (unpaired) electrons. The number of ether oxygens (including phenoxy) is 1. The van der Waals surface area contributed by atoms with Gasteiger partial charge in [-0.3, -0.25) is 4.79 Å². The van der Waals surface area contributed by atoms with E-state index in [9.17, 15) is 13.6 Å². The smallest absolute Gasteiger partial charge is 0.387 e. The van der Waals surface area contributed by atoms with Gasteiger partial charge in [-0.05, 0) is 67.8 Å². The summed E-state index contributed by atoms with van der Waals surface area (Å²) in [6.45, 7) is -0.995. The maximum absolute atomic E-state index is 13.0. The second kappa shape index (κ2) is 8.54. The molecule has 0 spiro atoms. The van der Waals surface area contributed by atoms with Gasteiger partial charge in [-0.2, -0.15) is 8.78 Å². The molecule has 3 heterocycles. The highest BCUT2D eigenvalue weighted by molar-refractivity contribution is 7.17. The van der Waals surface area contributed by atoms with Crippen molar-refractivity contribution in [3.63, 3.8) is 0 Å². The molecule has 1 aromatic carbocycles. The summed E-state index contributed by atoms with van der Waals surface area (Å²) >= 11 is 1.45. The molecule has 2 aliphatic rings. The first-order chi connectivity index (χ1) is 12.6. The minimum absolute atomic E-state index is 0. The SMILES string of the molecule is Cl.O=C(c1ccc(-c2ccc(OC(F)F)cc2)s1)N1C2CCNCC1CC2. The van der Waals surface area contributed by atoms with Crippen LogP contribution < -0.4 is 10.1 Å². The van der Waals surface area contributed by atoms with Crippen LogP contribution in [0.5, 0.6) is 5.75 Å². The molecule has 2 aromatic rings. The minimum atomic E-state index is -2.83. The molecule has 1 N–H and O–H groups in total. The van der Waals surface area contributed by atoms with Crippen molar-refractivity contribution < 1.29 is 18.3 Å². The van der Waals surface area contributed by atoms with Crippen molar-refractivity contribution in [1.29, 1.82) is 0 Å². The fourth-order valence-corrected chi connectivity index (χ4v) is 4.81. The number of carbonyl (C=O) groups excluding carboxylic acids is 1. The van der Waals surface area contributed by atoms with Gasteiger partial charge >= 0.3 is 6.61 Å². The summed E-state index contributed by atoms with van der Waals surface area (Å²) in [5.41, 5.74) is 0.885. The highest BCUT2D eigenvalue weighted by atomic mass is 35.5. The van der Waals surface area contributed by atoms with Crippen molar-refractivity contribution in [3.8, 4) is 16.2 Å². The molecular formula is C19H21ClF2N2O2S. The maximum Gasteiger partial charge on any atom is 0.387 e. The van der Waals surface area contributed by atoms with Crippen LogP contribution in [0.3, 0.4) is 0 Å². The highest BCUT2D eigenvalue weighted by Gasteiger charge is 2.38. The van der Waals surface area contributed by atoms with Crippen molar-refractivity contribution in [1.82, 2.24) is 10.2 Å². The molecule has 146 valence electrons. The minimum Gasteiger partial charge on any atom is -0.435 e. The molecule has 1 amide bonds. The lowest BCUT2D eigenvalue weighted by molar-refractivity contribution is -0.0498. The molecular weight excluding hydrogens is 394 g/mol. The second-order valence-corrected chi connectivity index (χ2v) is 7.74. The Labute approximate surface area is 166 Å². The first-order valence-corrected chi connectivity index (χ1v) is 9.62. The van der Waals surface area contributed by atoms with Gasteiger partial charge in [-0.1, -0.05) is 0 Å². The Morgan fingerprint density at radius 3 is 2.59 bits per heavy atom. The molecule has 1 aromatic heterocycles. The number of carbonyl (C=O) groups is 1. The zero-order chi connectivity index (χ0) is 18.1. The molecule has 0 saturated carbocycles. The number of halogens is 3. The molecule has 4 nitrogen and oxygen atoms in total. The summed E-state index contributed by atoms with van der Waals surface area (Å²) in [6.07, 6.45) is 3.15. The summed E-state index contributed by atoms with van der Waals surface area (Å²) < 4.78 is 28.9. The van der Waals surface area contributed by atoms with Crippen LogP contribution in [0.1, 0.15) is 28.9 Å². The van der Waals surface area contributed by atoms with E-state index >= 15 is 0 Å². The van der Waals surface area contributed by atoms with Gasteiger partial charge in [0.1, 0.15) is 5.75 Å². The maximum atomic E-state index is 13.0. The van der Waals surface area contributed by atoms with Gasteiger partial charge in [0, 0.05) is 23.5 Å². The Kier molecular flexibility index (Phi) is 6.34. The van der Waals surface area contributed by atoms with E-state index in [0.29, 0.717) is 6.04 Å². The number of hydrogen-bond acceptors (Lipinski definition) is 4. The van der Waals surface area contributed by atoms with Crippen molar-refractivity contribution >= 4 is 29.7 Å². The molecule has 0 aliphatic carbocycles. The monoisotopic (exact) mass is 414 g/mol. The van der Waals surface area contributed by atoms with E-state index in [1.807, 2.05) is 12.1 Å². The molecule has 2 atom stereocenters. The predicted octanol–water partition coefficient (Wildman–Crippen LogP) is 4.40. The van der Waals surface area contributed by atoms with E-state index in [1.54, 1.807) is 12.1 Å². The summed E-state index contributed by atoms with van der Waals surface area (Å²) in [5, 5.41) is 3.41. The third-order valence-electron chi connectivity index (χ3n) is 5.07. The molecule has 27 heavy (non-hydrogen) atoms. The lowest BCUT2D eigenvalue weighted by atomic mass is 10.1. The Morgan fingerprint density at radius 1 is 1.11 bits per heavy atom. The van der Waals surface area contributed by atoms with Crippen LogP contribution in [0.15, 0.2) is 36.4 Å². The van der Waals surface area contributed by atoms with Gasteiger partial charge in [0.15, 0.2) is 0 Å². The molecule has 2 fully saturated rings. The van der Waals surface area contributed by atoms with Gasteiger partial charge in [-0.25, -0.2) is 0 Å². The van der Waals surface area contributed by atoms with Crippen LogP contribution in [0.2, 0.25) is 0 Å². The highest BCUT2D eigenvalue weighted by Crippen LogP contribution is 2.34. The van der Waals surface area contributed by atoms with E-state index in [4.69, 9.17) is 0 Å². The summed E-state index contributed by atoms with van der Waals surface area (Å²) in [4.78, 5) is 16.8. The van der Waals surface area contributed by atoms with Gasteiger partial charge < -0.3 is 15.0 Å². The first kappa shape index (κ1) is 20.0. The van der Waals surface area contributed by atoms with Crippen LogP contribution in [0, 0.1) is 0 Å². The van der Waals surface area contributed by atoms with Gasteiger partial charge in [-0.15, -0.1) is 23.7 Å². The lowest BCUT2D eigenvalue weighted by Gasteiger charge is -2.27. The molecule has 4 rings (SSSR count).